The number of ketones is 1. The van der Waals surface area contributed by atoms with Gasteiger partial charge in [0.25, 0.3) is 0 Å². The monoisotopic (exact) mass is 900 g/mol. The van der Waals surface area contributed by atoms with Crippen LogP contribution < -0.4 is 19.5 Å². The molecule has 1 amide bonds. The van der Waals surface area contributed by atoms with Gasteiger partial charge in [-0.1, -0.05) is 39.0 Å². The standard InChI is InChI=1S/C48H61N4O9PS/c1-9-31-24-48(31,62(56,57)27-30-14-16-32(58-7)17-15-30)25-42(53)41-21-35(26-52(41)45(55)37(47(4,5)6)22-44(54)61-33-12-10-11-13-33)60-43-23-39(40-28-63-46(51-40)49-29(2)3)50-38-20-34(59-8)18-19-36(38)43/h9,14-20,23,28-29,31,33,35,37,41H,1,10-13,21-22,24-27H2,2-8H3,(H,49,51)(H,56,57)/t31-,35-,37-,41+,48-/m1/s1. The molecule has 2 N–H and O–H groups in total. The number of fused-ring (bicyclic) bond motifs is 1. The second-order valence-electron chi connectivity index (χ2n) is 18.7. The minimum atomic E-state index is -4.02. The molecule has 0 bridgehead atoms. The maximum atomic E-state index is 15.0. The lowest BCUT2D eigenvalue weighted by Gasteiger charge is -2.35. The van der Waals surface area contributed by atoms with E-state index in [-0.39, 0.29) is 61.7 Å². The minimum absolute atomic E-state index is 0.0501. The number of anilines is 1. The number of nitrogens with zero attached hydrogens (tertiary/aromatic N) is 3. The number of ether oxygens (including phenoxy) is 4. The second kappa shape index (κ2) is 18.7. The number of benzene rings is 2. The number of likely N-dealkylation sites (tertiary alicyclic amines) is 1. The molecular weight excluding hydrogens is 840 g/mol. The Labute approximate surface area is 374 Å². The predicted octanol–water partition coefficient (Wildman–Crippen LogP) is 9.46. The summed E-state index contributed by atoms with van der Waals surface area (Å²) in [6.07, 6.45) is 4.40. The summed E-state index contributed by atoms with van der Waals surface area (Å²) < 4.78 is 38.0. The van der Waals surface area contributed by atoms with Gasteiger partial charge in [0, 0.05) is 41.8 Å². The highest BCUT2D eigenvalue weighted by Gasteiger charge is 2.65. The number of rotatable bonds is 18. The number of carbonyl (C=O) groups is 3. The number of thiazole rings is 1. The van der Waals surface area contributed by atoms with Gasteiger partial charge in [0.15, 0.2) is 10.9 Å². The van der Waals surface area contributed by atoms with E-state index < -0.39 is 42.0 Å². The van der Waals surface area contributed by atoms with Crippen molar-refractivity contribution in [3.63, 3.8) is 0 Å². The highest BCUT2D eigenvalue weighted by molar-refractivity contribution is 7.59. The number of Topliss-reactive ketones (excluding diaryl/α,β-unsaturated/α-hetero) is 1. The maximum Gasteiger partial charge on any atom is 0.306 e. The van der Waals surface area contributed by atoms with Crippen molar-refractivity contribution >= 4 is 52.4 Å². The fourth-order valence-corrected chi connectivity index (χ4v) is 12.5. The van der Waals surface area contributed by atoms with Gasteiger partial charge in [0.1, 0.15) is 35.2 Å². The molecule has 7 rings (SSSR count). The largest absolute Gasteiger partial charge is 0.497 e. The smallest absolute Gasteiger partial charge is 0.306 e. The lowest BCUT2D eigenvalue weighted by molar-refractivity contribution is -0.156. The van der Waals surface area contributed by atoms with Gasteiger partial charge in [-0.3, -0.25) is 18.9 Å². The summed E-state index contributed by atoms with van der Waals surface area (Å²) in [7, 11) is -0.875. The van der Waals surface area contributed by atoms with Crippen LogP contribution >= 0.6 is 18.7 Å². The van der Waals surface area contributed by atoms with E-state index in [9.17, 15) is 19.0 Å². The van der Waals surface area contributed by atoms with Crippen molar-refractivity contribution < 1.29 is 42.8 Å². The first-order valence-corrected chi connectivity index (χ1v) is 24.6. The van der Waals surface area contributed by atoms with Crippen molar-refractivity contribution in [2.24, 2.45) is 17.3 Å². The zero-order valence-corrected chi connectivity index (χ0v) is 39.1. The van der Waals surface area contributed by atoms with Crippen molar-refractivity contribution in [3.05, 3.63) is 72.1 Å². The van der Waals surface area contributed by atoms with E-state index in [0.717, 1.165) is 30.8 Å². The number of esters is 1. The van der Waals surface area contributed by atoms with Gasteiger partial charge in [0.2, 0.25) is 13.3 Å². The van der Waals surface area contributed by atoms with Crippen molar-refractivity contribution in [1.29, 1.82) is 0 Å². The third kappa shape index (κ3) is 10.3. The van der Waals surface area contributed by atoms with Crippen LogP contribution in [0, 0.1) is 17.3 Å². The number of aromatic nitrogens is 2. The Kier molecular flexibility index (Phi) is 13.8. The van der Waals surface area contributed by atoms with Crippen LogP contribution in [-0.4, -0.2) is 87.6 Å². The number of hydrogen-bond acceptors (Lipinski definition) is 12. The number of pyridine rings is 1. The first-order valence-electron chi connectivity index (χ1n) is 21.9. The molecule has 1 saturated heterocycles. The zero-order valence-electron chi connectivity index (χ0n) is 37.4. The molecule has 3 heterocycles. The van der Waals surface area contributed by atoms with Gasteiger partial charge in [-0.2, -0.15) is 0 Å². The average molecular weight is 901 g/mol. The number of nitrogens with one attached hydrogen (secondary N) is 1. The van der Waals surface area contributed by atoms with Crippen LogP contribution in [0.1, 0.15) is 91.5 Å². The van der Waals surface area contributed by atoms with Crippen LogP contribution in [-0.2, 0) is 29.8 Å². The van der Waals surface area contributed by atoms with Gasteiger partial charge in [-0.05, 0) is 87.1 Å². The van der Waals surface area contributed by atoms with Crippen LogP contribution in [0.5, 0.6) is 17.2 Å². The summed E-state index contributed by atoms with van der Waals surface area (Å²) in [4.78, 5) is 66.5. The van der Waals surface area contributed by atoms with Gasteiger partial charge >= 0.3 is 5.97 Å². The van der Waals surface area contributed by atoms with Crippen molar-refractivity contribution in [3.8, 4) is 28.6 Å². The minimum Gasteiger partial charge on any atom is -0.497 e. The molecule has 2 aromatic carbocycles. The van der Waals surface area contributed by atoms with Crippen LogP contribution in [0.2, 0.25) is 0 Å². The van der Waals surface area contributed by atoms with Crippen LogP contribution in [0.15, 0.2) is 66.6 Å². The molecule has 4 aromatic rings. The number of methoxy groups -OCH3 is 2. The first kappa shape index (κ1) is 46.2. The average Bonchev–Trinajstić information content (AvgIpc) is 3.63. The Bertz CT molecular complexity index is 2370. The van der Waals surface area contributed by atoms with Gasteiger partial charge in [-0.15, -0.1) is 17.9 Å². The number of amides is 1. The summed E-state index contributed by atoms with van der Waals surface area (Å²) in [5.41, 5.74) is 1.82. The van der Waals surface area contributed by atoms with Gasteiger partial charge < -0.3 is 34.1 Å². The Morgan fingerprint density at radius 3 is 2.35 bits per heavy atom. The molecule has 13 nitrogen and oxygen atoms in total. The third-order valence-electron chi connectivity index (χ3n) is 12.8. The molecular formula is C48H61N4O9PS. The Morgan fingerprint density at radius 2 is 1.71 bits per heavy atom. The molecule has 15 heteroatoms. The van der Waals surface area contributed by atoms with E-state index in [2.05, 4.69) is 11.9 Å². The second-order valence-corrected chi connectivity index (χ2v) is 22.2. The summed E-state index contributed by atoms with van der Waals surface area (Å²) in [5.74, 6) is -0.563. The lowest BCUT2D eigenvalue weighted by atomic mass is 9.77. The summed E-state index contributed by atoms with van der Waals surface area (Å²) in [5, 5.41) is 5.49. The molecule has 3 aliphatic rings. The van der Waals surface area contributed by atoms with E-state index in [1.165, 1.54) is 11.3 Å². The highest BCUT2D eigenvalue weighted by atomic mass is 32.1. The van der Waals surface area contributed by atoms with E-state index in [0.29, 0.717) is 51.5 Å². The number of allylic oxidation sites excluding steroid dienone is 1. The van der Waals surface area contributed by atoms with Crippen molar-refractivity contribution in [2.75, 3.05) is 26.1 Å². The zero-order chi connectivity index (χ0) is 45.3. The summed E-state index contributed by atoms with van der Waals surface area (Å²) in [6, 6.07) is 13.5. The van der Waals surface area contributed by atoms with Gasteiger partial charge in [0.05, 0.1) is 61.7 Å². The van der Waals surface area contributed by atoms with Crippen LogP contribution in [0.25, 0.3) is 22.3 Å². The van der Waals surface area contributed by atoms with Crippen LogP contribution in [0.3, 0.4) is 0 Å². The molecule has 2 saturated carbocycles. The molecule has 1 aliphatic heterocycles. The lowest BCUT2D eigenvalue weighted by Crippen LogP contribution is -2.48. The van der Waals surface area contributed by atoms with Crippen molar-refractivity contribution in [2.45, 2.75) is 122 Å². The van der Waals surface area contributed by atoms with E-state index in [1.54, 1.807) is 49.5 Å². The molecule has 0 spiro atoms. The van der Waals surface area contributed by atoms with E-state index in [1.807, 2.05) is 64.3 Å². The maximum absolute atomic E-state index is 15.0. The number of carbonyl (C=O) groups excluding carboxylic acids is 3. The molecule has 3 fully saturated rings. The Hall–Kier alpha value is -4.78. The SMILES string of the molecule is C=C[C@@H]1C[C@]1(CC(=O)[C@@H]1C[C@@H](Oc2cc(-c3csc(NC(C)C)n3)nc3cc(OC)ccc23)CN1C(=O)[C@@H](CC(=O)OC1CCCC1)C(C)(C)C)P(=O)(O)Cc1ccc(OC)cc1. The number of hydrogen-bond donors (Lipinski definition) is 2. The quantitative estimate of drug-likeness (QED) is 0.0553. The van der Waals surface area contributed by atoms with E-state index in [4.69, 9.17) is 28.9 Å². The summed E-state index contributed by atoms with van der Waals surface area (Å²) >= 11 is 1.47. The molecule has 63 heavy (non-hydrogen) atoms. The molecule has 338 valence electrons. The Balaban J connectivity index is 1.22. The third-order valence-corrected chi connectivity index (χ3v) is 16.4. The summed E-state index contributed by atoms with van der Waals surface area (Å²) in [6.45, 7) is 13.8. The predicted molar refractivity (Wildman–Crippen MR) is 246 cm³/mol. The Morgan fingerprint density at radius 1 is 1.02 bits per heavy atom. The van der Waals surface area contributed by atoms with Crippen molar-refractivity contribution in [1.82, 2.24) is 14.9 Å². The molecule has 0 radical (unpaired) electrons. The fraction of sp³-hybridized carbons (Fsp3) is 0.521. The topological polar surface area (TPSA) is 166 Å². The van der Waals surface area contributed by atoms with E-state index >= 15 is 4.79 Å². The van der Waals surface area contributed by atoms with Gasteiger partial charge in [-0.25, -0.2) is 9.97 Å². The highest BCUT2D eigenvalue weighted by Crippen LogP contribution is 2.74. The van der Waals surface area contributed by atoms with Crippen LogP contribution in [0.4, 0.5) is 5.13 Å². The normalized spacial score (nSPS) is 22.7. The molecule has 2 aromatic heterocycles. The molecule has 1 unspecified atom stereocenters. The molecule has 6 atom stereocenters. The first-order chi connectivity index (χ1) is 29.9. The molecule has 2 aliphatic carbocycles. The fourth-order valence-electron chi connectivity index (χ4n) is 9.13.